The van der Waals surface area contributed by atoms with Gasteiger partial charge in [-0.15, -0.1) is 0 Å². The molecule has 0 aromatic heterocycles. The highest BCUT2D eigenvalue weighted by Gasteiger charge is 2.01. The Balaban J connectivity index is 1.67. The van der Waals surface area contributed by atoms with E-state index in [0.29, 0.717) is 6.61 Å². The van der Waals surface area contributed by atoms with Crippen molar-refractivity contribution in [1.82, 2.24) is 0 Å². The Morgan fingerprint density at radius 1 is 0.739 bits per heavy atom. The number of ether oxygens (including phenoxy) is 1. The molecule has 0 spiro atoms. The van der Waals surface area contributed by atoms with Gasteiger partial charge in [-0.2, -0.15) is 0 Å². The summed E-state index contributed by atoms with van der Waals surface area (Å²) in [5.74, 6) is 0.936. The molecule has 0 bridgehead atoms. The molecule has 3 aromatic carbocycles. The Labute approximate surface area is 137 Å². The zero-order valence-electron chi connectivity index (χ0n) is 13.3. The normalized spacial score (nSPS) is 10.8. The molecule has 0 atom stereocenters. The van der Waals surface area contributed by atoms with Crippen molar-refractivity contribution < 1.29 is 4.74 Å². The predicted molar refractivity (Wildman–Crippen MR) is 97.3 cm³/mol. The second-order valence-corrected chi connectivity index (χ2v) is 5.54. The SMILES string of the molecule is Cc1cc(/C=C/c2ccccc2)ccc1OCc1ccccc1. The Hall–Kier alpha value is -2.80. The van der Waals surface area contributed by atoms with Gasteiger partial charge in [-0.25, -0.2) is 0 Å². The fourth-order valence-corrected chi connectivity index (χ4v) is 2.43. The zero-order chi connectivity index (χ0) is 15.9. The molecule has 1 heteroatoms. The van der Waals surface area contributed by atoms with Crippen LogP contribution in [0.15, 0.2) is 78.9 Å². The number of aryl methyl sites for hydroxylation is 1. The molecule has 0 unspecified atom stereocenters. The summed E-state index contributed by atoms with van der Waals surface area (Å²) in [6.45, 7) is 2.68. The number of benzene rings is 3. The van der Waals surface area contributed by atoms with Gasteiger partial charge in [0.1, 0.15) is 12.4 Å². The molecule has 3 aromatic rings. The minimum absolute atomic E-state index is 0.598. The van der Waals surface area contributed by atoms with E-state index in [1.165, 1.54) is 16.7 Å². The molecule has 0 aliphatic carbocycles. The molecule has 0 aliphatic rings. The van der Waals surface area contributed by atoms with E-state index in [2.05, 4.69) is 55.5 Å². The van der Waals surface area contributed by atoms with Crippen LogP contribution in [0.4, 0.5) is 0 Å². The smallest absolute Gasteiger partial charge is 0.122 e. The summed E-state index contributed by atoms with van der Waals surface area (Å²) < 4.78 is 5.92. The molecule has 0 fully saturated rings. The fraction of sp³-hybridized carbons (Fsp3) is 0.0909. The summed E-state index contributed by atoms with van der Waals surface area (Å²) in [6.07, 6.45) is 4.25. The molecule has 23 heavy (non-hydrogen) atoms. The maximum absolute atomic E-state index is 5.92. The van der Waals surface area contributed by atoms with Crippen LogP contribution >= 0.6 is 0 Å². The lowest BCUT2D eigenvalue weighted by atomic mass is 10.1. The lowest BCUT2D eigenvalue weighted by Crippen LogP contribution is -1.96. The molecule has 0 radical (unpaired) electrons. The molecular formula is C22H20O. The van der Waals surface area contributed by atoms with Crippen LogP contribution in [0.2, 0.25) is 0 Å². The summed E-state index contributed by atoms with van der Waals surface area (Å²) >= 11 is 0. The first kappa shape index (κ1) is 15.1. The lowest BCUT2D eigenvalue weighted by molar-refractivity contribution is 0.304. The van der Waals surface area contributed by atoms with Crippen LogP contribution in [-0.4, -0.2) is 0 Å². The van der Waals surface area contributed by atoms with Gasteiger partial charge in [0, 0.05) is 0 Å². The third-order valence-electron chi connectivity index (χ3n) is 3.70. The summed E-state index contributed by atoms with van der Waals surface area (Å²) in [4.78, 5) is 0. The maximum atomic E-state index is 5.92. The van der Waals surface area contributed by atoms with E-state index in [9.17, 15) is 0 Å². The first-order valence-corrected chi connectivity index (χ1v) is 7.82. The zero-order valence-corrected chi connectivity index (χ0v) is 13.3. The van der Waals surface area contributed by atoms with Gasteiger partial charge < -0.3 is 4.74 Å². The Kier molecular flexibility index (Phi) is 4.90. The van der Waals surface area contributed by atoms with Crippen LogP contribution < -0.4 is 4.74 Å². The minimum Gasteiger partial charge on any atom is -0.489 e. The topological polar surface area (TPSA) is 9.23 Å². The monoisotopic (exact) mass is 300 g/mol. The molecular weight excluding hydrogens is 280 g/mol. The number of hydrogen-bond acceptors (Lipinski definition) is 1. The van der Waals surface area contributed by atoms with E-state index in [1.54, 1.807) is 0 Å². The van der Waals surface area contributed by atoms with E-state index in [-0.39, 0.29) is 0 Å². The molecule has 3 rings (SSSR count). The van der Waals surface area contributed by atoms with Gasteiger partial charge in [-0.05, 0) is 41.3 Å². The van der Waals surface area contributed by atoms with Gasteiger partial charge in [0.25, 0.3) is 0 Å². The average molecular weight is 300 g/mol. The Bertz CT molecular complexity index is 774. The van der Waals surface area contributed by atoms with Crippen molar-refractivity contribution in [2.75, 3.05) is 0 Å². The van der Waals surface area contributed by atoms with E-state index in [0.717, 1.165) is 11.3 Å². The van der Waals surface area contributed by atoms with E-state index in [1.807, 2.05) is 42.5 Å². The number of rotatable bonds is 5. The quantitative estimate of drug-likeness (QED) is 0.546. The van der Waals surface area contributed by atoms with Crippen molar-refractivity contribution in [2.24, 2.45) is 0 Å². The molecule has 114 valence electrons. The second-order valence-electron chi connectivity index (χ2n) is 5.54. The summed E-state index contributed by atoms with van der Waals surface area (Å²) in [5.41, 5.74) is 4.71. The van der Waals surface area contributed by atoms with Crippen LogP contribution in [-0.2, 0) is 6.61 Å². The highest BCUT2D eigenvalue weighted by molar-refractivity contribution is 5.70. The Morgan fingerprint density at radius 2 is 1.39 bits per heavy atom. The first-order chi connectivity index (χ1) is 11.3. The summed E-state index contributed by atoms with van der Waals surface area (Å²) in [7, 11) is 0. The minimum atomic E-state index is 0.598. The van der Waals surface area contributed by atoms with Crippen molar-refractivity contribution in [3.05, 3.63) is 101 Å². The molecule has 0 aliphatic heterocycles. The van der Waals surface area contributed by atoms with Crippen LogP contribution in [0.5, 0.6) is 5.75 Å². The fourth-order valence-electron chi connectivity index (χ4n) is 2.43. The molecule has 0 N–H and O–H groups in total. The van der Waals surface area contributed by atoms with E-state index >= 15 is 0 Å². The maximum Gasteiger partial charge on any atom is 0.122 e. The van der Waals surface area contributed by atoms with E-state index in [4.69, 9.17) is 4.74 Å². The van der Waals surface area contributed by atoms with Crippen molar-refractivity contribution in [3.8, 4) is 5.75 Å². The van der Waals surface area contributed by atoms with Gasteiger partial charge in [0.15, 0.2) is 0 Å². The van der Waals surface area contributed by atoms with Crippen LogP contribution in [0, 0.1) is 6.92 Å². The second kappa shape index (κ2) is 7.46. The summed E-state index contributed by atoms with van der Waals surface area (Å²) in [6, 6.07) is 26.8. The van der Waals surface area contributed by atoms with Gasteiger partial charge in [0.2, 0.25) is 0 Å². The molecule has 0 saturated heterocycles. The van der Waals surface area contributed by atoms with Gasteiger partial charge in [0.05, 0.1) is 0 Å². The van der Waals surface area contributed by atoms with Crippen molar-refractivity contribution >= 4 is 12.2 Å². The largest absolute Gasteiger partial charge is 0.489 e. The third-order valence-corrected chi connectivity index (χ3v) is 3.70. The van der Waals surface area contributed by atoms with Gasteiger partial charge in [-0.3, -0.25) is 0 Å². The van der Waals surface area contributed by atoms with Crippen molar-refractivity contribution in [1.29, 1.82) is 0 Å². The van der Waals surface area contributed by atoms with E-state index < -0.39 is 0 Å². The average Bonchev–Trinajstić information content (AvgIpc) is 2.61. The van der Waals surface area contributed by atoms with Crippen molar-refractivity contribution in [3.63, 3.8) is 0 Å². The van der Waals surface area contributed by atoms with Gasteiger partial charge in [-0.1, -0.05) is 78.9 Å². The van der Waals surface area contributed by atoms with Gasteiger partial charge >= 0.3 is 0 Å². The molecule has 0 saturated carbocycles. The standard InChI is InChI=1S/C22H20O/c1-18-16-20(13-12-19-8-4-2-5-9-19)14-15-22(18)23-17-21-10-6-3-7-11-21/h2-16H,17H2,1H3/b13-12+. The summed E-state index contributed by atoms with van der Waals surface area (Å²) in [5, 5.41) is 0. The highest BCUT2D eigenvalue weighted by atomic mass is 16.5. The first-order valence-electron chi connectivity index (χ1n) is 7.82. The van der Waals surface area contributed by atoms with Crippen LogP contribution in [0.3, 0.4) is 0 Å². The molecule has 0 amide bonds. The molecule has 1 nitrogen and oxygen atoms in total. The predicted octanol–water partition coefficient (Wildman–Crippen LogP) is 5.74. The Morgan fingerprint density at radius 3 is 2.09 bits per heavy atom. The van der Waals surface area contributed by atoms with Crippen molar-refractivity contribution in [2.45, 2.75) is 13.5 Å². The molecule has 0 heterocycles. The van der Waals surface area contributed by atoms with Crippen LogP contribution in [0.25, 0.3) is 12.2 Å². The third kappa shape index (κ3) is 4.33. The lowest BCUT2D eigenvalue weighted by Gasteiger charge is -2.10. The number of hydrogen-bond donors (Lipinski definition) is 0. The van der Waals surface area contributed by atoms with Crippen LogP contribution in [0.1, 0.15) is 22.3 Å². The highest BCUT2D eigenvalue weighted by Crippen LogP contribution is 2.21.